The summed E-state index contributed by atoms with van der Waals surface area (Å²) in [5.74, 6) is -1.84. The third kappa shape index (κ3) is 6.28. The highest BCUT2D eigenvalue weighted by molar-refractivity contribution is 7.80. The number of hydrogen-bond donors (Lipinski definition) is 3. The first-order valence-electron chi connectivity index (χ1n) is 6.10. The topological polar surface area (TPSA) is 62.4 Å². The normalized spacial score (nSPS) is 11.1. The monoisotopic (exact) mass is 389 g/mol. The number of rotatable bonds is 3. The van der Waals surface area contributed by atoms with Crippen LogP contribution in [-0.4, -0.2) is 23.3 Å². The van der Waals surface area contributed by atoms with Crippen molar-refractivity contribution < 1.29 is 22.7 Å². The lowest BCUT2D eigenvalue weighted by atomic mass is 10.3. The molecule has 0 unspecified atom stereocenters. The van der Waals surface area contributed by atoms with Crippen molar-refractivity contribution in [3.8, 4) is 5.75 Å². The molecule has 0 atom stereocenters. The van der Waals surface area contributed by atoms with E-state index in [1.165, 1.54) is 17.6 Å². The number of ether oxygens (including phenoxy) is 1. The second-order valence-electron chi connectivity index (χ2n) is 4.46. The number of anilines is 1. The lowest BCUT2D eigenvalue weighted by molar-refractivity contribution is -0.174. The van der Waals surface area contributed by atoms with E-state index in [-0.39, 0.29) is 26.9 Å². The maximum atomic E-state index is 12.0. The number of alkyl halides is 3. The highest BCUT2D eigenvalue weighted by Gasteiger charge is 2.38. The molecule has 0 aliphatic rings. The molecule has 1 aromatic rings. The predicted octanol–water partition coefficient (Wildman–Crippen LogP) is 3.66. The summed E-state index contributed by atoms with van der Waals surface area (Å²) in [4.78, 5) is 10.6. The number of hydrazine groups is 1. The molecule has 1 aromatic carbocycles. The third-order valence-electron chi connectivity index (χ3n) is 2.18. The van der Waals surface area contributed by atoms with Gasteiger partial charge >= 0.3 is 12.1 Å². The van der Waals surface area contributed by atoms with Crippen LogP contribution in [0.3, 0.4) is 0 Å². The quantitative estimate of drug-likeness (QED) is 0.543. The average Bonchev–Trinajstić information content (AvgIpc) is 2.40. The van der Waals surface area contributed by atoms with Crippen molar-refractivity contribution in [1.82, 2.24) is 10.9 Å². The molecular formula is C12H12Cl2F3N3O2S. The standard InChI is InChI=1S/C12H12Cl2F3N3O2S/c1-5(2)22-9-4-6(13)8(3-7(9)14)18-11(23)20-19-10(21)12(15,16)17/h3-5H,1-2H3,(H,19,21)(H2,18,20,23). The van der Waals surface area contributed by atoms with Crippen molar-refractivity contribution in [2.24, 2.45) is 0 Å². The maximum absolute atomic E-state index is 12.0. The summed E-state index contributed by atoms with van der Waals surface area (Å²) >= 11 is 16.8. The second kappa shape index (κ2) is 7.89. The van der Waals surface area contributed by atoms with E-state index < -0.39 is 12.1 Å². The Balaban J connectivity index is 2.72. The first-order chi connectivity index (χ1) is 10.5. The summed E-state index contributed by atoms with van der Waals surface area (Å²) in [5, 5.41) is 2.60. The molecule has 3 N–H and O–H groups in total. The Labute approximate surface area is 145 Å². The van der Waals surface area contributed by atoms with Crippen molar-refractivity contribution in [2.45, 2.75) is 26.1 Å². The fraction of sp³-hybridized carbons (Fsp3) is 0.333. The van der Waals surface area contributed by atoms with Gasteiger partial charge in [0.1, 0.15) is 5.75 Å². The lowest BCUT2D eigenvalue weighted by Crippen LogP contribution is -2.49. The van der Waals surface area contributed by atoms with E-state index in [1.54, 1.807) is 13.8 Å². The van der Waals surface area contributed by atoms with Crippen LogP contribution >= 0.6 is 35.4 Å². The second-order valence-corrected chi connectivity index (χ2v) is 5.68. The van der Waals surface area contributed by atoms with Crippen LogP contribution in [0.4, 0.5) is 18.9 Å². The van der Waals surface area contributed by atoms with E-state index in [1.807, 2.05) is 5.43 Å². The molecule has 11 heteroatoms. The Kier molecular flexibility index (Phi) is 6.72. The zero-order valence-electron chi connectivity index (χ0n) is 11.8. The minimum Gasteiger partial charge on any atom is -0.489 e. The van der Waals surface area contributed by atoms with Crippen molar-refractivity contribution in [2.75, 3.05) is 5.32 Å². The molecule has 0 aliphatic carbocycles. The zero-order chi connectivity index (χ0) is 17.8. The molecule has 0 radical (unpaired) electrons. The number of carbonyl (C=O) groups is 1. The molecule has 0 bridgehead atoms. The van der Waals surface area contributed by atoms with Crippen LogP contribution in [0.5, 0.6) is 5.75 Å². The molecule has 0 heterocycles. The molecule has 0 saturated carbocycles. The van der Waals surface area contributed by atoms with Crippen LogP contribution in [0.2, 0.25) is 10.0 Å². The molecule has 23 heavy (non-hydrogen) atoms. The predicted molar refractivity (Wildman–Crippen MR) is 85.8 cm³/mol. The largest absolute Gasteiger partial charge is 0.489 e. The summed E-state index contributed by atoms with van der Waals surface area (Å²) < 4.78 is 41.5. The van der Waals surface area contributed by atoms with E-state index in [0.29, 0.717) is 5.75 Å². The van der Waals surface area contributed by atoms with Gasteiger partial charge in [0.2, 0.25) is 0 Å². The molecule has 1 amide bonds. The van der Waals surface area contributed by atoms with Gasteiger partial charge in [-0.2, -0.15) is 13.2 Å². The van der Waals surface area contributed by atoms with Crippen LogP contribution in [0.15, 0.2) is 12.1 Å². The van der Waals surface area contributed by atoms with Gasteiger partial charge in [-0.3, -0.25) is 15.6 Å². The summed E-state index contributed by atoms with van der Waals surface area (Å²) in [5.41, 5.74) is 3.52. The number of nitrogens with one attached hydrogen (secondary N) is 3. The van der Waals surface area contributed by atoms with Gasteiger partial charge in [0.05, 0.1) is 21.8 Å². The fourth-order valence-corrected chi connectivity index (χ4v) is 1.88. The van der Waals surface area contributed by atoms with Crippen molar-refractivity contribution in [3.63, 3.8) is 0 Å². The molecule has 128 valence electrons. The van der Waals surface area contributed by atoms with Gasteiger partial charge in [-0.25, -0.2) is 0 Å². The molecule has 0 aliphatic heterocycles. The number of carbonyl (C=O) groups excluding carboxylic acids is 1. The SMILES string of the molecule is CC(C)Oc1cc(Cl)c(NC(=S)NNC(=O)C(F)(F)F)cc1Cl. The van der Waals surface area contributed by atoms with Gasteiger partial charge in [0.15, 0.2) is 5.11 Å². The number of amides is 1. The van der Waals surface area contributed by atoms with Crippen LogP contribution < -0.4 is 20.9 Å². The van der Waals surface area contributed by atoms with E-state index in [0.717, 1.165) is 0 Å². The van der Waals surface area contributed by atoms with E-state index in [9.17, 15) is 18.0 Å². The highest BCUT2D eigenvalue weighted by atomic mass is 35.5. The molecule has 0 aromatic heterocycles. The number of thiocarbonyl (C=S) groups is 1. The molecule has 0 fully saturated rings. The lowest BCUT2D eigenvalue weighted by Gasteiger charge is -2.16. The van der Waals surface area contributed by atoms with Crippen molar-refractivity contribution in [1.29, 1.82) is 0 Å². The highest BCUT2D eigenvalue weighted by Crippen LogP contribution is 2.34. The number of benzene rings is 1. The molecule has 5 nitrogen and oxygen atoms in total. The van der Waals surface area contributed by atoms with Crippen LogP contribution in [0.1, 0.15) is 13.8 Å². The summed E-state index contributed by atoms with van der Waals surface area (Å²) in [6.07, 6.45) is -5.15. The maximum Gasteiger partial charge on any atom is 0.472 e. The Morgan fingerprint density at radius 2 is 1.83 bits per heavy atom. The molecule has 0 spiro atoms. The van der Waals surface area contributed by atoms with Gasteiger partial charge in [0.25, 0.3) is 0 Å². The van der Waals surface area contributed by atoms with E-state index >= 15 is 0 Å². The molecule has 0 saturated heterocycles. The van der Waals surface area contributed by atoms with Crippen LogP contribution in [0.25, 0.3) is 0 Å². The Hall–Kier alpha value is -1.45. The Bertz CT molecular complexity index is 612. The van der Waals surface area contributed by atoms with E-state index in [2.05, 4.69) is 5.32 Å². The fourth-order valence-electron chi connectivity index (χ4n) is 1.31. The van der Waals surface area contributed by atoms with Gasteiger partial charge in [0, 0.05) is 6.07 Å². The van der Waals surface area contributed by atoms with Gasteiger partial charge in [-0.1, -0.05) is 23.2 Å². The minimum absolute atomic E-state index is 0.123. The smallest absolute Gasteiger partial charge is 0.472 e. The van der Waals surface area contributed by atoms with Crippen LogP contribution in [0, 0.1) is 0 Å². The minimum atomic E-state index is -5.03. The van der Waals surface area contributed by atoms with Gasteiger partial charge in [-0.15, -0.1) is 0 Å². The first kappa shape index (κ1) is 19.6. The van der Waals surface area contributed by atoms with Crippen molar-refractivity contribution >= 4 is 52.1 Å². The third-order valence-corrected chi connectivity index (χ3v) is 2.99. The Morgan fingerprint density at radius 3 is 2.35 bits per heavy atom. The molecule has 1 rings (SSSR count). The summed E-state index contributed by atoms with van der Waals surface area (Å²) in [6.45, 7) is 3.61. The number of hydrogen-bond acceptors (Lipinski definition) is 3. The van der Waals surface area contributed by atoms with Crippen molar-refractivity contribution in [3.05, 3.63) is 22.2 Å². The average molecular weight is 390 g/mol. The summed E-state index contributed by atoms with van der Waals surface area (Å²) in [7, 11) is 0. The molecular weight excluding hydrogens is 378 g/mol. The van der Waals surface area contributed by atoms with Gasteiger partial charge < -0.3 is 10.1 Å². The Morgan fingerprint density at radius 1 is 1.22 bits per heavy atom. The van der Waals surface area contributed by atoms with E-state index in [4.69, 9.17) is 40.2 Å². The zero-order valence-corrected chi connectivity index (χ0v) is 14.2. The number of halogens is 5. The first-order valence-corrected chi connectivity index (χ1v) is 7.27. The summed E-state index contributed by atoms with van der Waals surface area (Å²) in [6, 6.07) is 2.82. The van der Waals surface area contributed by atoms with Crippen LogP contribution in [-0.2, 0) is 4.79 Å². The van der Waals surface area contributed by atoms with Gasteiger partial charge in [-0.05, 0) is 32.1 Å².